The zero-order valence-electron chi connectivity index (χ0n) is 13.7. The fourth-order valence-electron chi connectivity index (χ4n) is 1.97. The average Bonchev–Trinajstić information content (AvgIpc) is 3.27. The normalized spacial score (nSPS) is 11.0. The first-order valence-electron chi connectivity index (χ1n) is 7.54. The van der Waals surface area contributed by atoms with E-state index >= 15 is 0 Å². The number of benzene rings is 1. The van der Waals surface area contributed by atoms with Crippen molar-refractivity contribution in [1.82, 2.24) is 4.98 Å². The first-order valence-corrected chi connectivity index (χ1v) is 8.36. The van der Waals surface area contributed by atoms with Gasteiger partial charge in [0.05, 0.1) is 23.8 Å². The van der Waals surface area contributed by atoms with Gasteiger partial charge < -0.3 is 14.1 Å². The Hall–Kier alpha value is -2.42. The first-order chi connectivity index (χ1) is 12.3. The summed E-state index contributed by atoms with van der Waals surface area (Å²) < 4.78 is 72.2. The van der Waals surface area contributed by atoms with Crippen LogP contribution in [0.1, 0.15) is 19.4 Å². The molecule has 9 heteroatoms. The lowest BCUT2D eigenvalue weighted by Gasteiger charge is -2.11. The number of hydrogen-bond donors (Lipinski definition) is 2. The Bertz CT molecular complexity index is 843. The second-order valence-electron chi connectivity index (χ2n) is 4.77. The Balaban J connectivity index is 0.00000117. The van der Waals surface area contributed by atoms with Crippen LogP contribution in [0.2, 0.25) is 0 Å². The summed E-state index contributed by atoms with van der Waals surface area (Å²) >= 11 is 0.928. The van der Waals surface area contributed by atoms with E-state index in [1.807, 2.05) is 13.8 Å². The Kier molecular flexibility index (Phi) is 6.36. The van der Waals surface area contributed by atoms with E-state index < -0.39 is 23.4 Å². The molecular formula is C17H15F5N2OS. The highest BCUT2D eigenvalue weighted by atomic mass is 32.2. The van der Waals surface area contributed by atoms with Gasteiger partial charge in [0.2, 0.25) is 0 Å². The van der Waals surface area contributed by atoms with Gasteiger partial charge in [0.15, 0.2) is 0 Å². The molecule has 1 aromatic carbocycles. The Morgan fingerprint density at radius 2 is 1.81 bits per heavy atom. The average molecular weight is 390 g/mol. The molecule has 0 unspecified atom stereocenters. The molecule has 2 heterocycles. The van der Waals surface area contributed by atoms with Gasteiger partial charge in [0.25, 0.3) is 0 Å². The van der Waals surface area contributed by atoms with Crippen molar-refractivity contribution in [2.24, 2.45) is 0 Å². The molecule has 0 spiro atoms. The van der Waals surface area contributed by atoms with E-state index in [2.05, 4.69) is 9.71 Å². The fourth-order valence-corrected chi connectivity index (χ4v) is 2.65. The predicted octanol–water partition coefficient (Wildman–Crippen LogP) is 6.72. The Morgan fingerprint density at radius 3 is 2.42 bits per heavy atom. The summed E-state index contributed by atoms with van der Waals surface area (Å²) in [5.74, 6) is -2.73. The summed E-state index contributed by atoms with van der Waals surface area (Å²) in [5, 5.41) is 0. The van der Waals surface area contributed by atoms with E-state index in [9.17, 15) is 22.0 Å². The maximum Gasteiger partial charge on any atom is 0.419 e. The summed E-state index contributed by atoms with van der Waals surface area (Å²) in [4.78, 5) is 3.59. The Labute approximate surface area is 150 Å². The molecule has 0 aliphatic carbocycles. The number of H-pyrrole nitrogens is 1. The maximum absolute atomic E-state index is 13.7. The van der Waals surface area contributed by atoms with Crippen LogP contribution in [0.15, 0.2) is 52.3 Å². The van der Waals surface area contributed by atoms with Crippen LogP contribution in [-0.2, 0) is 6.18 Å². The molecule has 0 saturated heterocycles. The largest absolute Gasteiger partial charge is 0.472 e. The highest BCUT2D eigenvalue weighted by Gasteiger charge is 2.35. The molecule has 26 heavy (non-hydrogen) atoms. The zero-order valence-corrected chi connectivity index (χ0v) is 14.6. The van der Waals surface area contributed by atoms with Gasteiger partial charge in [0, 0.05) is 28.4 Å². The van der Waals surface area contributed by atoms with Crippen molar-refractivity contribution >= 4 is 17.6 Å². The molecule has 140 valence electrons. The minimum absolute atomic E-state index is 0.131. The van der Waals surface area contributed by atoms with Gasteiger partial charge in [-0.05, 0) is 30.1 Å². The summed E-state index contributed by atoms with van der Waals surface area (Å²) in [6.45, 7) is 4.00. The number of aromatic nitrogens is 1. The number of alkyl halides is 3. The molecule has 3 nitrogen and oxygen atoms in total. The number of hydrogen-bond acceptors (Lipinski definition) is 3. The molecule has 2 N–H and O–H groups in total. The van der Waals surface area contributed by atoms with Crippen LogP contribution >= 0.6 is 11.9 Å². The topological polar surface area (TPSA) is 41.0 Å². The van der Waals surface area contributed by atoms with Crippen molar-refractivity contribution in [2.45, 2.75) is 24.9 Å². The number of halogens is 5. The van der Waals surface area contributed by atoms with Gasteiger partial charge in [-0.2, -0.15) is 13.2 Å². The van der Waals surface area contributed by atoms with Gasteiger partial charge in [-0.3, -0.25) is 0 Å². The molecule has 0 saturated carbocycles. The summed E-state index contributed by atoms with van der Waals surface area (Å²) in [7, 11) is 0. The second-order valence-corrected chi connectivity index (χ2v) is 5.65. The van der Waals surface area contributed by atoms with Crippen LogP contribution in [0.3, 0.4) is 0 Å². The molecule has 3 aromatic rings. The molecule has 0 aliphatic rings. The summed E-state index contributed by atoms with van der Waals surface area (Å²) in [6, 6.07) is 4.07. The molecule has 0 radical (unpaired) electrons. The van der Waals surface area contributed by atoms with Crippen LogP contribution in [0.4, 0.5) is 27.6 Å². The fraction of sp³-hybridized carbons (Fsp3) is 0.176. The van der Waals surface area contributed by atoms with Crippen LogP contribution in [0, 0.1) is 11.6 Å². The third-order valence-electron chi connectivity index (χ3n) is 3.13. The minimum atomic E-state index is -4.95. The number of nitrogens with one attached hydrogen (secondary N) is 2. The van der Waals surface area contributed by atoms with Crippen molar-refractivity contribution in [3.05, 3.63) is 60.2 Å². The van der Waals surface area contributed by atoms with Crippen LogP contribution in [0.25, 0.3) is 11.3 Å². The number of rotatable bonds is 4. The smallest absolute Gasteiger partial charge is 0.419 e. The van der Waals surface area contributed by atoms with Gasteiger partial charge in [-0.25, -0.2) is 8.78 Å². The van der Waals surface area contributed by atoms with E-state index in [-0.39, 0.29) is 11.8 Å². The summed E-state index contributed by atoms with van der Waals surface area (Å²) in [5.41, 5.74) is -0.475. The lowest BCUT2D eigenvalue weighted by Crippen LogP contribution is -2.09. The van der Waals surface area contributed by atoms with Crippen molar-refractivity contribution in [1.29, 1.82) is 0 Å². The molecule has 0 bridgehead atoms. The molecule has 0 atom stereocenters. The quantitative estimate of drug-likeness (QED) is 0.384. The molecule has 0 amide bonds. The van der Waals surface area contributed by atoms with Gasteiger partial charge in [-0.15, -0.1) is 0 Å². The Morgan fingerprint density at radius 1 is 1.08 bits per heavy atom. The van der Waals surface area contributed by atoms with Crippen LogP contribution < -0.4 is 4.72 Å². The molecule has 3 rings (SSSR count). The van der Waals surface area contributed by atoms with Gasteiger partial charge in [-0.1, -0.05) is 13.8 Å². The monoisotopic (exact) mass is 390 g/mol. The van der Waals surface area contributed by atoms with Crippen molar-refractivity contribution in [3.8, 4) is 11.3 Å². The predicted molar refractivity (Wildman–Crippen MR) is 90.7 cm³/mol. The van der Waals surface area contributed by atoms with E-state index in [4.69, 9.17) is 4.42 Å². The van der Waals surface area contributed by atoms with Crippen molar-refractivity contribution in [2.75, 3.05) is 4.72 Å². The summed E-state index contributed by atoms with van der Waals surface area (Å²) in [6.07, 6.45) is -0.310. The second kappa shape index (κ2) is 8.31. The van der Waals surface area contributed by atoms with Gasteiger partial charge >= 0.3 is 6.18 Å². The number of aromatic amines is 1. The van der Waals surface area contributed by atoms with Crippen LogP contribution in [-0.4, -0.2) is 4.98 Å². The molecular weight excluding hydrogens is 375 g/mol. The standard InChI is InChI=1S/C15H9F5N2OS.C2H6/c16-11-5-14(12(17)4-10(11)15(18,19)20)22-24-9-3-13(21-6-9)8-1-2-23-7-8;1-2/h1-7,21-22H;1-2H3. The van der Waals surface area contributed by atoms with E-state index in [1.54, 1.807) is 18.3 Å². The zero-order chi connectivity index (χ0) is 19.3. The van der Waals surface area contributed by atoms with E-state index in [0.717, 1.165) is 23.2 Å². The molecule has 0 aliphatic heterocycles. The molecule has 2 aromatic heterocycles. The number of anilines is 1. The third-order valence-corrected chi connectivity index (χ3v) is 3.92. The third kappa shape index (κ3) is 4.60. The highest BCUT2D eigenvalue weighted by molar-refractivity contribution is 8.00. The highest BCUT2D eigenvalue weighted by Crippen LogP contribution is 2.35. The number of furan rings is 1. The minimum Gasteiger partial charge on any atom is -0.472 e. The maximum atomic E-state index is 13.7. The van der Waals surface area contributed by atoms with Crippen LogP contribution in [0.5, 0.6) is 0 Å². The van der Waals surface area contributed by atoms with Crippen molar-refractivity contribution < 1.29 is 26.4 Å². The first kappa shape index (κ1) is 19.9. The molecule has 0 fully saturated rings. The van der Waals surface area contributed by atoms with Crippen molar-refractivity contribution in [3.63, 3.8) is 0 Å². The van der Waals surface area contributed by atoms with E-state index in [0.29, 0.717) is 11.0 Å². The lowest BCUT2D eigenvalue weighted by atomic mass is 10.2. The SMILES string of the molecule is CC.Fc1cc(C(F)(F)F)c(F)cc1NSc1c[nH]c(-c2ccoc2)c1. The van der Waals surface area contributed by atoms with E-state index in [1.165, 1.54) is 12.5 Å². The van der Waals surface area contributed by atoms with Gasteiger partial charge in [0.1, 0.15) is 11.6 Å². The lowest BCUT2D eigenvalue weighted by molar-refractivity contribution is -0.140.